The van der Waals surface area contributed by atoms with Crippen LogP contribution in [0.5, 0.6) is 0 Å². The van der Waals surface area contributed by atoms with Gasteiger partial charge < -0.3 is 15.0 Å². The Balaban J connectivity index is 2.50. The van der Waals surface area contributed by atoms with Crippen LogP contribution in [0.2, 0.25) is 5.02 Å². The molecule has 3 nitrogen and oxygen atoms in total. The maximum atomic E-state index is 5.99. The van der Waals surface area contributed by atoms with Crippen LogP contribution in [-0.4, -0.2) is 11.2 Å². The lowest BCUT2D eigenvalue weighted by Gasteiger charge is -2.04. The predicted molar refractivity (Wildman–Crippen MR) is 66.5 cm³/mol. The molecule has 0 unspecified atom stereocenters. The minimum atomic E-state index is 0.525. The maximum Gasteiger partial charge on any atom is 0.122 e. The smallest absolute Gasteiger partial charge is 0.122 e. The van der Waals surface area contributed by atoms with Crippen LogP contribution in [0.3, 0.4) is 0 Å². The molecule has 0 aliphatic carbocycles. The Bertz CT molecular complexity index is 493. The van der Waals surface area contributed by atoms with Gasteiger partial charge in [-0.25, -0.2) is 0 Å². The van der Waals surface area contributed by atoms with E-state index in [4.69, 9.17) is 22.1 Å². The fraction of sp³-hybridized carbons (Fsp3) is 0.333. The quantitative estimate of drug-likeness (QED) is 0.890. The monoisotopic (exact) mass is 238 g/mol. The molecule has 2 N–H and O–H groups in total. The molecule has 1 heterocycles. The summed E-state index contributed by atoms with van der Waals surface area (Å²) >= 11 is 5.99. The first-order valence-corrected chi connectivity index (χ1v) is 5.69. The van der Waals surface area contributed by atoms with Gasteiger partial charge in [-0.15, -0.1) is 0 Å². The van der Waals surface area contributed by atoms with E-state index in [9.17, 15) is 0 Å². The molecule has 0 saturated carbocycles. The third-order valence-corrected chi connectivity index (χ3v) is 2.82. The molecule has 86 valence electrons. The molecule has 0 bridgehead atoms. The number of fused-ring (bicyclic) bond motifs is 1. The van der Waals surface area contributed by atoms with Crippen LogP contribution < -0.4 is 5.73 Å². The molecule has 2 rings (SSSR count). The summed E-state index contributed by atoms with van der Waals surface area (Å²) in [5, 5.41) is 1.87. The largest absolute Gasteiger partial charge is 0.361 e. The third-order valence-electron chi connectivity index (χ3n) is 2.58. The van der Waals surface area contributed by atoms with Crippen molar-refractivity contribution in [1.82, 2.24) is 4.57 Å². The molecular formula is C12H15ClN2O. The lowest BCUT2D eigenvalue weighted by molar-refractivity contribution is 0.0908. The van der Waals surface area contributed by atoms with Gasteiger partial charge in [-0.1, -0.05) is 17.7 Å². The van der Waals surface area contributed by atoms with Crippen LogP contribution in [0.1, 0.15) is 12.5 Å². The molecule has 2 aromatic rings. The lowest BCUT2D eigenvalue weighted by Crippen LogP contribution is -2.00. The molecule has 1 aromatic heterocycles. The number of benzene rings is 1. The zero-order valence-electron chi connectivity index (χ0n) is 9.24. The minimum absolute atomic E-state index is 0.525. The number of hydrogen-bond donors (Lipinski definition) is 1. The Morgan fingerprint density at radius 2 is 2.25 bits per heavy atom. The van der Waals surface area contributed by atoms with Crippen molar-refractivity contribution >= 4 is 22.5 Å². The van der Waals surface area contributed by atoms with E-state index < -0.39 is 0 Å². The van der Waals surface area contributed by atoms with Crippen molar-refractivity contribution in [1.29, 1.82) is 0 Å². The standard InChI is InChI=1S/C12H15ClN2O/c1-2-16-8-15-7-9(6-14)11-4-3-10(13)5-12(11)15/h3-5,7H,2,6,8,14H2,1H3. The zero-order valence-corrected chi connectivity index (χ0v) is 10.00. The lowest BCUT2D eigenvalue weighted by atomic mass is 10.2. The van der Waals surface area contributed by atoms with Crippen molar-refractivity contribution < 1.29 is 4.74 Å². The minimum Gasteiger partial charge on any atom is -0.361 e. The number of hydrogen-bond acceptors (Lipinski definition) is 2. The number of aromatic nitrogens is 1. The molecule has 0 aliphatic heterocycles. The van der Waals surface area contributed by atoms with Gasteiger partial charge >= 0.3 is 0 Å². The summed E-state index contributed by atoms with van der Waals surface area (Å²) in [5.74, 6) is 0. The fourth-order valence-electron chi connectivity index (χ4n) is 1.80. The molecule has 0 radical (unpaired) electrons. The Labute approximate surface area is 99.7 Å². The van der Waals surface area contributed by atoms with E-state index >= 15 is 0 Å². The van der Waals surface area contributed by atoms with Crippen molar-refractivity contribution in [3.05, 3.63) is 35.0 Å². The third kappa shape index (κ3) is 2.07. The van der Waals surface area contributed by atoms with Crippen LogP contribution in [0.4, 0.5) is 0 Å². The first-order chi connectivity index (χ1) is 7.76. The average molecular weight is 239 g/mol. The summed E-state index contributed by atoms with van der Waals surface area (Å²) in [4.78, 5) is 0. The molecule has 0 amide bonds. The maximum absolute atomic E-state index is 5.99. The molecule has 0 fully saturated rings. The van der Waals surface area contributed by atoms with E-state index in [0.29, 0.717) is 19.9 Å². The van der Waals surface area contributed by atoms with E-state index in [0.717, 1.165) is 21.5 Å². The number of nitrogens with two attached hydrogens (primary N) is 1. The molecule has 0 saturated heterocycles. The fourth-order valence-corrected chi connectivity index (χ4v) is 1.97. The second-order valence-electron chi connectivity index (χ2n) is 3.61. The second-order valence-corrected chi connectivity index (χ2v) is 4.05. The number of halogens is 1. The summed E-state index contributed by atoms with van der Waals surface area (Å²) in [6.07, 6.45) is 2.02. The highest BCUT2D eigenvalue weighted by atomic mass is 35.5. The highest BCUT2D eigenvalue weighted by Gasteiger charge is 2.07. The van der Waals surface area contributed by atoms with Gasteiger partial charge in [0.1, 0.15) is 6.73 Å². The van der Waals surface area contributed by atoms with Crippen molar-refractivity contribution in [2.24, 2.45) is 5.73 Å². The van der Waals surface area contributed by atoms with Gasteiger partial charge in [0.2, 0.25) is 0 Å². The van der Waals surface area contributed by atoms with Crippen molar-refractivity contribution in [3.63, 3.8) is 0 Å². The van der Waals surface area contributed by atoms with Crippen molar-refractivity contribution in [3.8, 4) is 0 Å². The van der Waals surface area contributed by atoms with Crippen molar-refractivity contribution in [2.75, 3.05) is 6.61 Å². The summed E-state index contributed by atoms with van der Waals surface area (Å²) in [7, 11) is 0. The first kappa shape index (κ1) is 11.5. The summed E-state index contributed by atoms with van der Waals surface area (Å²) in [5.41, 5.74) is 7.90. The highest BCUT2D eigenvalue weighted by Crippen LogP contribution is 2.24. The second kappa shape index (κ2) is 4.87. The summed E-state index contributed by atoms with van der Waals surface area (Å²) in [6.45, 7) is 3.73. The van der Waals surface area contributed by atoms with Crippen LogP contribution >= 0.6 is 11.6 Å². The Morgan fingerprint density at radius 3 is 2.94 bits per heavy atom. The number of rotatable bonds is 4. The molecule has 16 heavy (non-hydrogen) atoms. The van der Waals surface area contributed by atoms with Crippen LogP contribution in [0.25, 0.3) is 10.9 Å². The van der Waals surface area contributed by atoms with E-state index in [1.165, 1.54) is 0 Å². The summed E-state index contributed by atoms with van der Waals surface area (Å²) < 4.78 is 7.44. The molecule has 4 heteroatoms. The Hall–Kier alpha value is -1.03. The Kier molecular flexibility index (Phi) is 3.49. The van der Waals surface area contributed by atoms with Gasteiger partial charge in [0.25, 0.3) is 0 Å². The van der Waals surface area contributed by atoms with E-state index in [-0.39, 0.29) is 0 Å². The van der Waals surface area contributed by atoms with Crippen LogP contribution in [0.15, 0.2) is 24.4 Å². The van der Waals surface area contributed by atoms with E-state index in [2.05, 4.69) is 0 Å². The topological polar surface area (TPSA) is 40.2 Å². The molecule has 0 spiro atoms. The molecule has 0 atom stereocenters. The van der Waals surface area contributed by atoms with Gasteiger partial charge in [0, 0.05) is 29.8 Å². The Morgan fingerprint density at radius 1 is 1.44 bits per heavy atom. The predicted octanol–water partition coefficient (Wildman–Crippen LogP) is 2.75. The van der Waals surface area contributed by atoms with Gasteiger partial charge in [0.05, 0.1) is 5.52 Å². The zero-order chi connectivity index (χ0) is 11.5. The van der Waals surface area contributed by atoms with E-state index in [1.54, 1.807) is 0 Å². The first-order valence-electron chi connectivity index (χ1n) is 5.31. The van der Waals surface area contributed by atoms with Gasteiger partial charge in [-0.3, -0.25) is 0 Å². The van der Waals surface area contributed by atoms with Crippen LogP contribution in [-0.2, 0) is 18.0 Å². The SMILES string of the molecule is CCOCn1cc(CN)c2ccc(Cl)cc21. The number of ether oxygens (including phenoxy) is 1. The van der Waals surface area contributed by atoms with Gasteiger partial charge in [0.15, 0.2) is 0 Å². The average Bonchev–Trinajstić information content (AvgIpc) is 2.64. The molecular weight excluding hydrogens is 224 g/mol. The molecule has 0 aliphatic rings. The molecule has 1 aromatic carbocycles. The van der Waals surface area contributed by atoms with Gasteiger partial charge in [-0.2, -0.15) is 0 Å². The van der Waals surface area contributed by atoms with Gasteiger partial charge in [-0.05, 0) is 24.6 Å². The van der Waals surface area contributed by atoms with Crippen molar-refractivity contribution in [2.45, 2.75) is 20.2 Å². The van der Waals surface area contributed by atoms with E-state index in [1.807, 2.05) is 35.9 Å². The highest BCUT2D eigenvalue weighted by molar-refractivity contribution is 6.31. The number of nitrogens with zero attached hydrogens (tertiary/aromatic N) is 1. The summed E-state index contributed by atoms with van der Waals surface area (Å²) in [6, 6.07) is 5.82. The van der Waals surface area contributed by atoms with Crippen LogP contribution in [0, 0.1) is 0 Å². The normalized spacial score (nSPS) is 11.2.